The molecule has 33 heavy (non-hydrogen) atoms. The molecular weight excluding hydrogens is 450 g/mol. The molecule has 0 saturated carbocycles. The first-order valence-electron chi connectivity index (χ1n) is 10.5. The van der Waals surface area contributed by atoms with E-state index in [4.69, 9.17) is 14.3 Å². The van der Waals surface area contributed by atoms with Gasteiger partial charge in [-0.3, -0.25) is 9.59 Å². The summed E-state index contributed by atoms with van der Waals surface area (Å²) in [7, 11) is -1.40. The zero-order chi connectivity index (χ0) is 24.4. The third-order valence-electron chi connectivity index (χ3n) is 4.51. The third kappa shape index (κ3) is 9.31. The summed E-state index contributed by atoms with van der Waals surface area (Å²) in [5.41, 5.74) is 0.726. The Kier molecular flexibility index (Phi) is 9.39. The Morgan fingerprint density at radius 2 is 1.64 bits per heavy atom. The van der Waals surface area contributed by atoms with Gasteiger partial charge >= 0.3 is 18.2 Å². The van der Waals surface area contributed by atoms with Crippen LogP contribution in [0.2, 0.25) is 25.7 Å². The number of ether oxygens (including phenoxy) is 2. The van der Waals surface area contributed by atoms with Crippen molar-refractivity contribution in [2.45, 2.75) is 51.2 Å². The van der Waals surface area contributed by atoms with Crippen LogP contribution in [0, 0.1) is 0 Å². The number of imide groups is 1. The zero-order valence-electron chi connectivity index (χ0n) is 18.9. The van der Waals surface area contributed by atoms with E-state index >= 15 is 0 Å². The van der Waals surface area contributed by atoms with Gasteiger partial charge in [-0.2, -0.15) is 0 Å². The summed E-state index contributed by atoms with van der Waals surface area (Å²) >= 11 is 0. The van der Waals surface area contributed by atoms with E-state index in [-0.39, 0.29) is 26.1 Å². The minimum Gasteiger partial charge on any atom is -0.450 e. The van der Waals surface area contributed by atoms with Gasteiger partial charge in [-0.25, -0.2) is 14.4 Å². The Hall–Kier alpha value is -3.41. The summed E-state index contributed by atoms with van der Waals surface area (Å²) < 4.78 is 10.2. The maximum atomic E-state index is 12.5. The lowest BCUT2D eigenvalue weighted by Crippen LogP contribution is -2.51. The molecule has 1 fully saturated rings. The number of nitrogens with one attached hydrogen (secondary N) is 2. The van der Waals surface area contributed by atoms with Crippen LogP contribution in [-0.4, -0.2) is 62.3 Å². The molecule has 0 aliphatic carbocycles. The maximum Gasteiger partial charge on any atom is 0.408 e. The fourth-order valence-electron chi connectivity index (χ4n) is 2.60. The maximum absolute atomic E-state index is 12.5. The molecule has 1 aliphatic rings. The lowest BCUT2D eigenvalue weighted by atomic mass is 10.2. The van der Waals surface area contributed by atoms with Crippen LogP contribution in [0.15, 0.2) is 30.3 Å². The van der Waals surface area contributed by atoms with Crippen molar-refractivity contribution in [1.29, 1.82) is 0 Å². The second-order valence-corrected chi connectivity index (χ2v) is 14.2. The molecule has 0 unspecified atom stereocenters. The molecule has 12 heteroatoms. The molecule has 1 atom stereocenters. The molecule has 0 bridgehead atoms. The van der Waals surface area contributed by atoms with E-state index in [0.29, 0.717) is 5.06 Å². The van der Waals surface area contributed by atoms with Gasteiger partial charge in [0.25, 0.3) is 11.8 Å². The van der Waals surface area contributed by atoms with E-state index in [2.05, 4.69) is 30.3 Å². The zero-order valence-corrected chi connectivity index (χ0v) is 19.9. The fraction of sp³-hybridized carbons (Fsp3) is 0.476. The van der Waals surface area contributed by atoms with Gasteiger partial charge < -0.3 is 24.9 Å². The van der Waals surface area contributed by atoms with E-state index in [1.54, 1.807) is 24.3 Å². The summed E-state index contributed by atoms with van der Waals surface area (Å²) in [5, 5.41) is 5.01. The number of carbonyl (C=O) groups is 5. The number of alkyl carbamates (subject to hydrolysis) is 2. The topological polar surface area (TPSA) is 140 Å². The normalized spacial score (nSPS) is 14.5. The number of nitrogens with zero attached hydrogens (tertiary/aromatic N) is 1. The second kappa shape index (κ2) is 12.0. The monoisotopic (exact) mass is 479 g/mol. The van der Waals surface area contributed by atoms with Crippen LogP contribution < -0.4 is 10.6 Å². The molecule has 1 aromatic rings. The Balaban J connectivity index is 1.93. The highest BCUT2D eigenvalue weighted by molar-refractivity contribution is 6.76. The average Bonchev–Trinajstić information content (AvgIpc) is 3.07. The Morgan fingerprint density at radius 3 is 2.24 bits per heavy atom. The molecule has 1 aliphatic heterocycles. The van der Waals surface area contributed by atoms with Crippen LogP contribution in [-0.2, 0) is 35.3 Å². The largest absolute Gasteiger partial charge is 0.450 e. The summed E-state index contributed by atoms with van der Waals surface area (Å²) in [6.45, 7) is 6.16. The molecule has 11 nitrogen and oxygen atoms in total. The quantitative estimate of drug-likeness (QED) is 0.383. The average molecular weight is 480 g/mol. The van der Waals surface area contributed by atoms with Gasteiger partial charge in [0.2, 0.25) is 0 Å². The van der Waals surface area contributed by atoms with Crippen molar-refractivity contribution in [1.82, 2.24) is 15.7 Å². The molecular formula is C21H29N3O8Si. The molecule has 2 N–H and O–H groups in total. The highest BCUT2D eigenvalue weighted by Crippen LogP contribution is 2.13. The van der Waals surface area contributed by atoms with Crippen molar-refractivity contribution in [3.8, 4) is 0 Å². The van der Waals surface area contributed by atoms with Crippen molar-refractivity contribution in [3.63, 3.8) is 0 Å². The van der Waals surface area contributed by atoms with Crippen LogP contribution in [0.4, 0.5) is 9.59 Å². The van der Waals surface area contributed by atoms with Crippen LogP contribution in [0.25, 0.3) is 0 Å². The van der Waals surface area contributed by atoms with Crippen molar-refractivity contribution in [2.24, 2.45) is 0 Å². The third-order valence-corrected chi connectivity index (χ3v) is 6.22. The summed E-state index contributed by atoms with van der Waals surface area (Å²) in [6, 6.07) is 8.19. The van der Waals surface area contributed by atoms with Gasteiger partial charge in [0.05, 0.1) is 13.2 Å². The summed E-state index contributed by atoms with van der Waals surface area (Å²) in [5.74, 6) is -2.45. The van der Waals surface area contributed by atoms with Crippen molar-refractivity contribution < 1.29 is 38.3 Å². The standard InChI is InChI=1S/C21H29N3O8Si/c1-33(2,3)12-11-30-20(28)22-13-16(19(27)32-24-17(25)9-10-18(24)26)23-21(29)31-14-15-7-5-4-6-8-15/h4-8,16H,9-14H2,1-3H3,(H,22,28)(H,23,29)/t16-/m1/s1. The van der Waals surface area contributed by atoms with Crippen molar-refractivity contribution in [2.75, 3.05) is 13.2 Å². The first-order valence-corrected chi connectivity index (χ1v) is 14.2. The van der Waals surface area contributed by atoms with E-state index in [9.17, 15) is 24.0 Å². The molecule has 1 heterocycles. The van der Waals surface area contributed by atoms with Crippen LogP contribution in [0.1, 0.15) is 18.4 Å². The van der Waals surface area contributed by atoms with Crippen molar-refractivity contribution in [3.05, 3.63) is 35.9 Å². The predicted octanol–water partition coefficient (Wildman–Crippen LogP) is 1.95. The van der Waals surface area contributed by atoms with Crippen LogP contribution in [0.3, 0.4) is 0 Å². The number of hydrogen-bond acceptors (Lipinski definition) is 8. The molecule has 0 radical (unpaired) electrons. The van der Waals surface area contributed by atoms with Gasteiger partial charge in [0, 0.05) is 20.9 Å². The Bertz CT molecular complexity index is 856. The van der Waals surface area contributed by atoms with E-state index < -0.39 is 50.6 Å². The molecule has 1 saturated heterocycles. The number of amides is 4. The second-order valence-electron chi connectivity index (χ2n) is 8.58. The molecule has 0 spiro atoms. The Labute approximate surface area is 192 Å². The highest BCUT2D eigenvalue weighted by Gasteiger charge is 2.35. The van der Waals surface area contributed by atoms with Crippen molar-refractivity contribution >= 4 is 38.0 Å². The molecule has 2 rings (SSSR count). The van der Waals surface area contributed by atoms with Gasteiger partial charge in [-0.05, 0) is 11.6 Å². The fourth-order valence-corrected chi connectivity index (χ4v) is 3.31. The smallest absolute Gasteiger partial charge is 0.408 e. The van der Waals surface area contributed by atoms with Crippen LogP contribution >= 0.6 is 0 Å². The van der Waals surface area contributed by atoms with E-state index in [1.165, 1.54) is 0 Å². The first-order chi connectivity index (χ1) is 15.5. The highest BCUT2D eigenvalue weighted by atomic mass is 28.3. The summed E-state index contributed by atoms with van der Waals surface area (Å²) in [6.07, 6.45) is -1.89. The minimum atomic E-state index is -1.43. The van der Waals surface area contributed by atoms with E-state index in [1.807, 2.05) is 6.07 Å². The SMILES string of the molecule is C[Si](C)(C)CCOC(=O)NC[C@@H](NC(=O)OCc1ccccc1)C(=O)ON1C(=O)CCC1=O. The molecule has 180 valence electrons. The van der Waals surface area contributed by atoms with Gasteiger partial charge in [-0.1, -0.05) is 50.0 Å². The molecule has 1 aromatic carbocycles. The van der Waals surface area contributed by atoms with Gasteiger partial charge in [-0.15, -0.1) is 5.06 Å². The van der Waals surface area contributed by atoms with E-state index in [0.717, 1.165) is 11.6 Å². The first kappa shape index (κ1) is 25.8. The number of carbonyl (C=O) groups excluding carboxylic acids is 5. The Morgan fingerprint density at radius 1 is 1.00 bits per heavy atom. The minimum absolute atomic E-state index is 0.0519. The van der Waals surface area contributed by atoms with Gasteiger partial charge in [0.1, 0.15) is 12.6 Å². The number of hydrogen-bond donors (Lipinski definition) is 2. The molecule has 0 aromatic heterocycles. The number of hydroxylamine groups is 2. The lowest BCUT2D eigenvalue weighted by Gasteiger charge is -2.20. The summed E-state index contributed by atoms with van der Waals surface area (Å²) in [4.78, 5) is 65.0. The van der Waals surface area contributed by atoms with Gasteiger partial charge in [0.15, 0.2) is 0 Å². The number of rotatable bonds is 10. The lowest BCUT2D eigenvalue weighted by molar-refractivity contribution is -0.198. The predicted molar refractivity (Wildman–Crippen MR) is 118 cm³/mol. The molecule has 4 amide bonds. The van der Waals surface area contributed by atoms with Crippen LogP contribution in [0.5, 0.6) is 0 Å². The number of benzene rings is 1.